The Morgan fingerprint density at radius 3 is 1.20 bits per heavy atom. The fourth-order valence-corrected chi connectivity index (χ4v) is 11.0. The number of para-hydroxylation sites is 2. The van der Waals surface area contributed by atoms with Gasteiger partial charge in [-0.3, -0.25) is 9.59 Å². The number of benzene rings is 8. The van der Waals surface area contributed by atoms with Crippen molar-refractivity contribution in [2.24, 2.45) is 9.98 Å². The van der Waals surface area contributed by atoms with Gasteiger partial charge in [0.2, 0.25) is 0 Å². The molecule has 8 aromatic carbocycles. The molecule has 0 aromatic heterocycles. The van der Waals surface area contributed by atoms with Gasteiger partial charge in [-0.1, -0.05) is 97.1 Å². The number of phenols is 2. The van der Waals surface area contributed by atoms with Crippen molar-refractivity contribution in [2.75, 3.05) is 39.6 Å². The third-order valence-electron chi connectivity index (χ3n) is 14.8. The molecule has 8 aromatic rings. The van der Waals surface area contributed by atoms with Crippen LogP contribution in [0.2, 0.25) is 0 Å². The van der Waals surface area contributed by atoms with E-state index in [0.29, 0.717) is 68.0 Å². The van der Waals surface area contributed by atoms with Crippen molar-refractivity contribution < 1.29 is 43.5 Å². The van der Waals surface area contributed by atoms with Crippen LogP contribution in [-0.4, -0.2) is 72.8 Å². The first-order valence-electron chi connectivity index (χ1n) is 26.6. The summed E-state index contributed by atoms with van der Waals surface area (Å²) in [4.78, 5) is 34.8. The van der Waals surface area contributed by atoms with Crippen LogP contribution in [0.3, 0.4) is 0 Å². The predicted octanol–water partition coefficient (Wildman–Crippen LogP) is 13.3. The lowest BCUT2D eigenvalue weighted by atomic mass is 9.90. The third-order valence-corrected chi connectivity index (χ3v) is 14.8. The normalized spacial score (nSPS) is 16.8. The second kappa shape index (κ2) is 22.0. The summed E-state index contributed by atoms with van der Waals surface area (Å²) >= 11 is 0. The first-order valence-corrected chi connectivity index (χ1v) is 26.6. The van der Waals surface area contributed by atoms with Crippen LogP contribution in [0.4, 0.5) is 11.4 Å². The fraction of sp³-hybridized carbons (Fsp3) is 0.176. The van der Waals surface area contributed by atoms with E-state index in [4.69, 9.17) is 33.7 Å². The van der Waals surface area contributed by atoms with Crippen molar-refractivity contribution in [3.63, 3.8) is 0 Å². The van der Waals surface area contributed by atoms with Crippen LogP contribution in [0.15, 0.2) is 191 Å². The van der Waals surface area contributed by atoms with Gasteiger partial charge in [0.15, 0.2) is 11.6 Å². The Morgan fingerprint density at radius 2 is 0.785 bits per heavy atom. The molecule has 11 nitrogen and oxygen atoms in total. The number of fused-ring (bicyclic) bond motifs is 11. The number of hydrogen-bond acceptors (Lipinski definition) is 11. The van der Waals surface area contributed by atoms with Crippen molar-refractivity contribution in [1.29, 1.82) is 0 Å². The Hall–Kier alpha value is -9.32. The maximum Gasteiger partial charge on any atom is 0.179 e. The number of nitrogens with zero attached hydrogens (tertiary/aromatic N) is 2. The molecule has 0 unspecified atom stereocenters. The van der Waals surface area contributed by atoms with Crippen molar-refractivity contribution in [2.45, 2.75) is 39.5 Å². The maximum atomic E-state index is 12.5. The van der Waals surface area contributed by atoms with E-state index in [1.54, 1.807) is 24.3 Å². The van der Waals surface area contributed by atoms with Crippen molar-refractivity contribution in [3.05, 3.63) is 226 Å². The van der Waals surface area contributed by atoms with Crippen LogP contribution >= 0.6 is 0 Å². The van der Waals surface area contributed by atoms with Crippen LogP contribution in [0.5, 0.6) is 34.5 Å². The minimum absolute atomic E-state index is 0.101. The van der Waals surface area contributed by atoms with Gasteiger partial charge >= 0.3 is 0 Å². The molecule has 2 heterocycles. The van der Waals surface area contributed by atoms with E-state index in [1.165, 1.54) is 12.2 Å². The van der Waals surface area contributed by atoms with Gasteiger partial charge in [0.1, 0.15) is 60.9 Å². The molecular weight excluding hydrogens is 989 g/mol. The molecule has 0 saturated heterocycles. The zero-order chi connectivity index (χ0) is 54.0. The average Bonchev–Trinajstić information content (AvgIpc) is 3.56. The monoisotopic (exact) mass is 1040 g/mol. The minimum Gasteiger partial charge on any atom is -0.507 e. The largest absolute Gasteiger partial charge is 0.507 e. The number of carbonyl (C=O) groups is 2. The molecule has 13 rings (SSSR count). The van der Waals surface area contributed by atoms with Crippen molar-refractivity contribution >= 4 is 55.9 Å². The number of carbonyl (C=O) groups excluding carboxylic acids is 2. The predicted molar refractivity (Wildman–Crippen MR) is 310 cm³/mol. The third kappa shape index (κ3) is 10.6. The second-order valence-electron chi connectivity index (χ2n) is 20.2. The van der Waals surface area contributed by atoms with Crippen LogP contribution < -0.4 is 18.9 Å². The SMILES string of the molecule is CC1=CC(=O)C=CC1=Nc1cc2c(O)c(c1)Cc1cccc3c1OCCOc1ccc4ccccc4c1-c1c(ccc4ccccc14)OCCOCCOc1c(cccc1Cc1cc(N=C4C=CC(=O)C=C4C)cc(c1O)C3)C2. The van der Waals surface area contributed by atoms with Crippen LogP contribution in [0.1, 0.15) is 58.4 Å². The smallest absolute Gasteiger partial charge is 0.179 e. The second-order valence-corrected chi connectivity index (χ2v) is 20.2. The lowest BCUT2D eigenvalue weighted by molar-refractivity contribution is -0.111. The van der Waals surface area contributed by atoms with Gasteiger partial charge in [0, 0.05) is 59.1 Å². The molecule has 0 spiro atoms. The highest BCUT2D eigenvalue weighted by Gasteiger charge is 2.24. The van der Waals surface area contributed by atoms with Crippen LogP contribution in [0, 0.1) is 0 Å². The molecule has 0 fully saturated rings. The van der Waals surface area contributed by atoms with Gasteiger partial charge in [-0.15, -0.1) is 0 Å². The highest BCUT2D eigenvalue weighted by Crippen LogP contribution is 2.46. The Kier molecular flexibility index (Phi) is 14.0. The zero-order valence-corrected chi connectivity index (χ0v) is 43.9. The average molecular weight is 1050 g/mol. The van der Waals surface area contributed by atoms with Gasteiger partial charge in [0.25, 0.3) is 0 Å². The molecular formula is C68H56N2O9. The molecule has 3 aliphatic carbocycles. The summed E-state index contributed by atoms with van der Waals surface area (Å²) in [5, 5.41) is 29.1. The fourth-order valence-electron chi connectivity index (χ4n) is 11.0. The molecule has 11 heteroatoms. The Labute approximate surface area is 457 Å². The minimum atomic E-state index is -0.101. The van der Waals surface area contributed by atoms with Gasteiger partial charge in [-0.05, 0) is 142 Å². The van der Waals surface area contributed by atoms with Gasteiger partial charge < -0.3 is 33.9 Å². The molecule has 5 aliphatic rings. The van der Waals surface area contributed by atoms with Crippen LogP contribution in [-0.2, 0) is 40.0 Å². The topological polar surface area (TPSA) is 145 Å². The highest BCUT2D eigenvalue weighted by atomic mass is 16.5. The van der Waals surface area contributed by atoms with E-state index in [-0.39, 0.29) is 88.4 Å². The molecule has 79 heavy (non-hydrogen) atoms. The van der Waals surface area contributed by atoms with Gasteiger partial charge in [0.05, 0.1) is 36.0 Å². The van der Waals surface area contributed by atoms with E-state index >= 15 is 0 Å². The van der Waals surface area contributed by atoms with E-state index in [9.17, 15) is 19.8 Å². The molecule has 2 aliphatic heterocycles. The molecule has 10 bridgehead atoms. The van der Waals surface area contributed by atoms with Crippen molar-refractivity contribution in [3.8, 4) is 45.6 Å². The molecule has 0 atom stereocenters. The lowest BCUT2D eigenvalue weighted by Gasteiger charge is -2.22. The Bertz CT molecular complexity index is 3840. The molecule has 2 N–H and O–H groups in total. The summed E-state index contributed by atoms with van der Waals surface area (Å²) in [7, 11) is 0. The lowest BCUT2D eigenvalue weighted by Crippen LogP contribution is -2.14. The number of ether oxygens (including phenoxy) is 5. The summed E-state index contributed by atoms with van der Waals surface area (Å²) < 4.78 is 33.6. The molecule has 0 radical (unpaired) electrons. The Morgan fingerprint density at radius 1 is 0.405 bits per heavy atom. The zero-order valence-electron chi connectivity index (χ0n) is 43.9. The van der Waals surface area contributed by atoms with Crippen LogP contribution in [0.25, 0.3) is 32.7 Å². The van der Waals surface area contributed by atoms with Crippen molar-refractivity contribution in [1.82, 2.24) is 0 Å². The van der Waals surface area contributed by atoms with Gasteiger partial charge in [-0.25, -0.2) is 9.98 Å². The molecule has 0 amide bonds. The Balaban J connectivity index is 1.04. The van der Waals surface area contributed by atoms with E-state index in [0.717, 1.165) is 66.1 Å². The van der Waals surface area contributed by atoms with Gasteiger partial charge in [-0.2, -0.15) is 0 Å². The summed E-state index contributed by atoms with van der Waals surface area (Å²) in [6.07, 6.45) is 10.6. The maximum absolute atomic E-state index is 12.5. The number of hydrogen-bond donors (Lipinski definition) is 2. The van der Waals surface area contributed by atoms with E-state index in [2.05, 4.69) is 36.4 Å². The number of aromatic hydroxyl groups is 2. The van der Waals surface area contributed by atoms with E-state index in [1.807, 2.05) is 111 Å². The number of rotatable bonds is 2. The number of allylic oxidation sites excluding steroid dienone is 8. The highest BCUT2D eigenvalue weighted by molar-refractivity contribution is 6.21. The first-order chi connectivity index (χ1) is 38.6. The van der Waals surface area contributed by atoms with E-state index < -0.39 is 0 Å². The number of ketones is 2. The summed E-state index contributed by atoms with van der Waals surface area (Å²) in [5.74, 6) is 2.54. The summed E-state index contributed by atoms with van der Waals surface area (Å²) in [5.41, 5.74) is 11.4. The summed E-state index contributed by atoms with van der Waals surface area (Å²) in [6, 6.07) is 44.2. The molecule has 0 saturated carbocycles. The standard InChI is InChI=1S/C68H56N2O9/c1-41-31-55(71)19-21-59(41)69-53-37-49-33-45-11-7-12-46-34-50-38-54(70-60-22-20-56(72)32-42(60)2)40-52(66(50)74)36-48-14-8-13-47(35-51(39-53)65(49)73)68(48)79-30-29-77-62-24-18-44-10-4-6-16-58(44)64(62)63-57-15-5-3-9-43(57)17-23-61(63)76-27-25-75-26-28-78-67(45)46/h3-24,31-32,37-40,73-74H,25-30,33-36H2,1-2H3. The first kappa shape index (κ1) is 50.5. The number of phenolic OH excluding ortho intramolecular Hbond substituents is 2. The summed E-state index contributed by atoms with van der Waals surface area (Å²) in [6.45, 7) is 4.97. The molecule has 392 valence electrons. The number of aliphatic imine (C=N–C) groups is 2. The quantitative estimate of drug-likeness (QED) is 0.128.